The number of ether oxygens (including phenoxy) is 1. The molecular formula is C15H18BrNO2. The lowest BCUT2D eigenvalue weighted by molar-refractivity contribution is -0.117. The summed E-state index contributed by atoms with van der Waals surface area (Å²) in [7, 11) is 1.64. The summed E-state index contributed by atoms with van der Waals surface area (Å²) >= 11 is 3.50. The maximum absolute atomic E-state index is 11.7. The van der Waals surface area contributed by atoms with Crippen molar-refractivity contribution < 1.29 is 9.53 Å². The highest BCUT2D eigenvalue weighted by Crippen LogP contribution is 2.35. The zero-order chi connectivity index (χ0) is 14.0. The smallest absolute Gasteiger partial charge is 0.157 e. The van der Waals surface area contributed by atoms with Gasteiger partial charge in [0.1, 0.15) is 5.75 Å². The molecule has 4 heteroatoms. The minimum absolute atomic E-state index is 0.0209. The van der Waals surface area contributed by atoms with Crippen molar-refractivity contribution in [3.63, 3.8) is 0 Å². The van der Waals surface area contributed by atoms with E-state index in [-0.39, 0.29) is 11.2 Å². The highest BCUT2D eigenvalue weighted by atomic mass is 79.9. The maximum atomic E-state index is 11.7. The molecule has 0 radical (unpaired) electrons. The molecule has 1 aliphatic rings. The first kappa shape index (κ1) is 14.1. The van der Waals surface area contributed by atoms with Crippen LogP contribution in [-0.2, 0) is 4.79 Å². The Morgan fingerprint density at radius 3 is 2.63 bits per heavy atom. The van der Waals surface area contributed by atoms with E-state index in [1.54, 1.807) is 13.2 Å². The SMILES string of the molecule is COc1ccc(NC2=CC(=O)CC(C)(C)C2)c(Br)c1. The molecule has 0 saturated carbocycles. The van der Waals surface area contributed by atoms with E-state index in [0.29, 0.717) is 6.42 Å². The van der Waals surface area contributed by atoms with Gasteiger partial charge in [0, 0.05) is 22.7 Å². The van der Waals surface area contributed by atoms with Crippen molar-refractivity contribution in [2.75, 3.05) is 12.4 Å². The average Bonchev–Trinajstić information content (AvgIpc) is 2.29. The van der Waals surface area contributed by atoms with Gasteiger partial charge < -0.3 is 10.1 Å². The number of carbonyl (C=O) groups excluding carboxylic acids is 1. The molecule has 2 rings (SSSR count). The molecule has 19 heavy (non-hydrogen) atoms. The fourth-order valence-corrected chi connectivity index (χ4v) is 2.78. The van der Waals surface area contributed by atoms with Crippen molar-refractivity contribution in [1.82, 2.24) is 0 Å². The first-order chi connectivity index (χ1) is 8.89. The number of benzene rings is 1. The van der Waals surface area contributed by atoms with Crippen molar-refractivity contribution in [3.05, 3.63) is 34.4 Å². The Kier molecular flexibility index (Phi) is 3.99. The average molecular weight is 324 g/mol. The molecule has 0 spiro atoms. The molecule has 0 fully saturated rings. The van der Waals surface area contributed by atoms with Crippen LogP contribution in [0.4, 0.5) is 5.69 Å². The molecule has 0 aliphatic heterocycles. The van der Waals surface area contributed by atoms with Crippen molar-refractivity contribution in [3.8, 4) is 5.75 Å². The molecular weight excluding hydrogens is 306 g/mol. The third-order valence-electron chi connectivity index (χ3n) is 3.13. The van der Waals surface area contributed by atoms with Crippen LogP contribution in [0, 0.1) is 5.41 Å². The number of hydrogen-bond donors (Lipinski definition) is 1. The van der Waals surface area contributed by atoms with Crippen LogP contribution in [0.15, 0.2) is 34.4 Å². The number of halogens is 1. The van der Waals surface area contributed by atoms with Gasteiger partial charge in [-0.3, -0.25) is 4.79 Å². The van der Waals surface area contributed by atoms with Gasteiger partial charge in [-0.05, 0) is 46.0 Å². The number of allylic oxidation sites excluding steroid dienone is 2. The molecule has 0 aromatic heterocycles. The summed E-state index contributed by atoms with van der Waals surface area (Å²) in [6, 6.07) is 5.73. The third-order valence-corrected chi connectivity index (χ3v) is 3.78. The van der Waals surface area contributed by atoms with Gasteiger partial charge in [-0.15, -0.1) is 0 Å². The van der Waals surface area contributed by atoms with Gasteiger partial charge in [-0.1, -0.05) is 13.8 Å². The topological polar surface area (TPSA) is 38.3 Å². The Bertz CT molecular complexity index is 535. The van der Waals surface area contributed by atoms with Crippen molar-refractivity contribution in [1.29, 1.82) is 0 Å². The number of methoxy groups -OCH3 is 1. The van der Waals surface area contributed by atoms with E-state index in [1.807, 2.05) is 18.2 Å². The van der Waals surface area contributed by atoms with Crippen LogP contribution in [0.25, 0.3) is 0 Å². The monoisotopic (exact) mass is 323 g/mol. The lowest BCUT2D eigenvalue weighted by Crippen LogP contribution is -2.24. The van der Waals surface area contributed by atoms with Gasteiger partial charge in [-0.25, -0.2) is 0 Å². The molecule has 3 nitrogen and oxygen atoms in total. The second-order valence-electron chi connectivity index (χ2n) is 5.62. The molecule has 0 amide bonds. The molecule has 0 heterocycles. The summed E-state index contributed by atoms with van der Waals surface area (Å²) < 4.78 is 6.08. The van der Waals surface area contributed by atoms with Crippen LogP contribution in [0.2, 0.25) is 0 Å². The normalized spacial score (nSPS) is 17.9. The Morgan fingerprint density at radius 1 is 1.32 bits per heavy atom. The lowest BCUT2D eigenvalue weighted by atomic mass is 9.79. The zero-order valence-corrected chi connectivity index (χ0v) is 13.0. The van der Waals surface area contributed by atoms with Gasteiger partial charge in [0.2, 0.25) is 0 Å². The fourth-order valence-electron chi connectivity index (χ4n) is 2.32. The second kappa shape index (κ2) is 5.37. The first-order valence-electron chi connectivity index (χ1n) is 6.24. The number of nitrogens with one attached hydrogen (secondary N) is 1. The van der Waals surface area contributed by atoms with E-state index in [0.717, 1.165) is 28.0 Å². The van der Waals surface area contributed by atoms with Crippen LogP contribution in [-0.4, -0.2) is 12.9 Å². The Balaban J connectivity index is 2.19. The summed E-state index contributed by atoms with van der Waals surface area (Å²) in [6.07, 6.45) is 3.20. The fraction of sp³-hybridized carbons (Fsp3) is 0.400. The van der Waals surface area contributed by atoms with Gasteiger partial charge in [0.15, 0.2) is 5.78 Å². The zero-order valence-electron chi connectivity index (χ0n) is 11.4. The number of anilines is 1. The van der Waals surface area contributed by atoms with Gasteiger partial charge in [0.25, 0.3) is 0 Å². The van der Waals surface area contributed by atoms with Crippen molar-refractivity contribution >= 4 is 27.4 Å². The largest absolute Gasteiger partial charge is 0.497 e. The van der Waals surface area contributed by atoms with E-state index in [1.165, 1.54) is 0 Å². The summed E-state index contributed by atoms with van der Waals surface area (Å²) in [6.45, 7) is 4.23. The summed E-state index contributed by atoms with van der Waals surface area (Å²) in [5, 5.41) is 3.32. The number of hydrogen-bond acceptors (Lipinski definition) is 3. The summed E-state index contributed by atoms with van der Waals surface area (Å²) in [5.41, 5.74) is 1.93. The second-order valence-corrected chi connectivity index (χ2v) is 6.48. The Labute approximate surface area is 122 Å². The quantitative estimate of drug-likeness (QED) is 0.908. The van der Waals surface area contributed by atoms with Crippen molar-refractivity contribution in [2.45, 2.75) is 26.7 Å². The van der Waals surface area contributed by atoms with Crippen LogP contribution in [0.5, 0.6) is 5.75 Å². The molecule has 0 atom stereocenters. The van der Waals surface area contributed by atoms with Crippen LogP contribution in [0.1, 0.15) is 26.7 Å². The predicted octanol–water partition coefficient (Wildman–Crippen LogP) is 4.14. The Hall–Kier alpha value is -1.29. The maximum Gasteiger partial charge on any atom is 0.157 e. The minimum Gasteiger partial charge on any atom is -0.497 e. The summed E-state index contributed by atoms with van der Waals surface area (Å²) in [5.74, 6) is 0.981. The molecule has 0 unspecified atom stereocenters. The standard InChI is InChI=1S/C15H18BrNO2/c1-15(2)8-10(6-11(18)9-15)17-14-5-4-12(19-3)7-13(14)16/h4-7,17H,8-9H2,1-3H3. The van der Waals surface area contributed by atoms with Crippen LogP contribution >= 0.6 is 15.9 Å². The molecule has 1 N–H and O–H groups in total. The lowest BCUT2D eigenvalue weighted by Gasteiger charge is -2.29. The summed E-state index contributed by atoms with van der Waals surface area (Å²) in [4.78, 5) is 11.7. The molecule has 0 bridgehead atoms. The third kappa shape index (κ3) is 3.60. The number of carbonyl (C=O) groups is 1. The van der Waals surface area contributed by atoms with Crippen LogP contribution < -0.4 is 10.1 Å². The number of ketones is 1. The van der Waals surface area contributed by atoms with E-state index in [2.05, 4.69) is 35.1 Å². The van der Waals surface area contributed by atoms with Crippen molar-refractivity contribution in [2.24, 2.45) is 5.41 Å². The van der Waals surface area contributed by atoms with E-state index >= 15 is 0 Å². The van der Waals surface area contributed by atoms with Crippen LogP contribution in [0.3, 0.4) is 0 Å². The first-order valence-corrected chi connectivity index (χ1v) is 7.03. The highest BCUT2D eigenvalue weighted by Gasteiger charge is 2.27. The Morgan fingerprint density at radius 2 is 2.05 bits per heavy atom. The molecule has 0 saturated heterocycles. The molecule has 1 aromatic carbocycles. The molecule has 1 aliphatic carbocycles. The van der Waals surface area contributed by atoms with Gasteiger partial charge >= 0.3 is 0 Å². The van der Waals surface area contributed by atoms with E-state index < -0.39 is 0 Å². The predicted molar refractivity (Wildman–Crippen MR) is 80.4 cm³/mol. The molecule has 102 valence electrons. The van der Waals surface area contributed by atoms with E-state index in [4.69, 9.17) is 4.74 Å². The number of rotatable bonds is 3. The van der Waals surface area contributed by atoms with Gasteiger partial charge in [-0.2, -0.15) is 0 Å². The highest BCUT2D eigenvalue weighted by molar-refractivity contribution is 9.10. The molecule has 1 aromatic rings. The minimum atomic E-state index is 0.0209. The van der Waals surface area contributed by atoms with Gasteiger partial charge in [0.05, 0.1) is 12.8 Å². The van der Waals surface area contributed by atoms with E-state index in [9.17, 15) is 4.79 Å².